The highest BCUT2D eigenvalue weighted by Crippen LogP contribution is 2.26. The number of ether oxygens (including phenoxy) is 1. The molecule has 2 aromatic rings. The Labute approximate surface area is 139 Å². The van der Waals surface area contributed by atoms with Crippen molar-refractivity contribution >= 4 is 29.3 Å². The summed E-state index contributed by atoms with van der Waals surface area (Å²) in [5.74, 6) is -0.690. The maximum absolute atomic E-state index is 12.5. The summed E-state index contributed by atoms with van der Waals surface area (Å²) in [5, 5.41) is 2.89. The Balaban J connectivity index is 2.30. The highest BCUT2D eigenvalue weighted by molar-refractivity contribution is 7.98. The van der Waals surface area contributed by atoms with Crippen molar-refractivity contribution in [3.05, 3.63) is 46.8 Å². The molecule has 0 aliphatic rings. The van der Waals surface area contributed by atoms with Crippen LogP contribution in [0.15, 0.2) is 29.2 Å². The monoisotopic (exact) mass is 332 g/mol. The average molecular weight is 332 g/mol. The number of aromatic amines is 1. The molecule has 0 bridgehead atoms. The van der Waals surface area contributed by atoms with Crippen LogP contribution in [0.3, 0.4) is 0 Å². The Hall–Kier alpha value is -2.21. The van der Waals surface area contributed by atoms with Crippen LogP contribution in [0.4, 0.5) is 5.69 Å². The van der Waals surface area contributed by atoms with Gasteiger partial charge in [0.05, 0.1) is 17.9 Å². The molecule has 0 aliphatic heterocycles. The van der Waals surface area contributed by atoms with E-state index in [0.29, 0.717) is 29.1 Å². The van der Waals surface area contributed by atoms with Gasteiger partial charge in [0.1, 0.15) is 5.69 Å². The van der Waals surface area contributed by atoms with E-state index < -0.39 is 5.97 Å². The molecular weight excluding hydrogens is 312 g/mol. The molecule has 0 fully saturated rings. The number of thioether (sulfide) groups is 1. The molecule has 23 heavy (non-hydrogen) atoms. The predicted molar refractivity (Wildman–Crippen MR) is 92.4 cm³/mol. The minimum atomic E-state index is -0.415. The van der Waals surface area contributed by atoms with E-state index in [1.54, 1.807) is 32.5 Å². The zero-order valence-electron chi connectivity index (χ0n) is 13.6. The summed E-state index contributed by atoms with van der Waals surface area (Å²) in [7, 11) is 0. The van der Waals surface area contributed by atoms with Gasteiger partial charge in [-0.25, -0.2) is 4.79 Å². The summed E-state index contributed by atoms with van der Waals surface area (Å²) in [4.78, 5) is 28.5. The van der Waals surface area contributed by atoms with Crippen LogP contribution >= 0.6 is 11.8 Å². The maximum Gasteiger partial charge on any atom is 0.340 e. The van der Waals surface area contributed by atoms with Crippen molar-refractivity contribution in [1.82, 2.24) is 4.98 Å². The van der Waals surface area contributed by atoms with Gasteiger partial charge in [-0.15, -0.1) is 11.8 Å². The second-order valence-electron chi connectivity index (χ2n) is 5.00. The number of esters is 1. The summed E-state index contributed by atoms with van der Waals surface area (Å²) < 4.78 is 5.04. The summed E-state index contributed by atoms with van der Waals surface area (Å²) in [6, 6.07) is 7.58. The number of H-pyrrole nitrogens is 1. The lowest BCUT2D eigenvalue weighted by Gasteiger charge is -2.09. The number of carbonyl (C=O) groups is 2. The van der Waals surface area contributed by atoms with Gasteiger partial charge in [-0.1, -0.05) is 12.1 Å². The number of hydrogen-bond acceptors (Lipinski definition) is 4. The van der Waals surface area contributed by atoms with E-state index in [9.17, 15) is 9.59 Å². The molecule has 2 rings (SSSR count). The molecule has 2 N–H and O–H groups in total. The molecule has 0 radical (unpaired) electrons. The third-order valence-corrected chi connectivity index (χ3v) is 4.30. The molecule has 0 aliphatic carbocycles. The first-order valence-electron chi connectivity index (χ1n) is 7.30. The van der Waals surface area contributed by atoms with Crippen LogP contribution in [0.5, 0.6) is 0 Å². The van der Waals surface area contributed by atoms with Crippen LogP contribution in [0.25, 0.3) is 0 Å². The largest absolute Gasteiger partial charge is 0.462 e. The van der Waals surface area contributed by atoms with Crippen molar-refractivity contribution in [3.63, 3.8) is 0 Å². The average Bonchev–Trinajstić information content (AvgIpc) is 2.83. The molecule has 5 nitrogen and oxygen atoms in total. The molecule has 122 valence electrons. The third kappa shape index (κ3) is 3.59. The van der Waals surface area contributed by atoms with Gasteiger partial charge in [-0.05, 0) is 44.7 Å². The summed E-state index contributed by atoms with van der Waals surface area (Å²) in [5.41, 5.74) is 2.77. The molecule has 1 aromatic carbocycles. The second-order valence-corrected chi connectivity index (χ2v) is 5.85. The minimum Gasteiger partial charge on any atom is -0.462 e. The van der Waals surface area contributed by atoms with Crippen molar-refractivity contribution in [2.45, 2.75) is 25.7 Å². The summed E-state index contributed by atoms with van der Waals surface area (Å²) >= 11 is 1.56. The Morgan fingerprint density at radius 3 is 2.61 bits per heavy atom. The van der Waals surface area contributed by atoms with E-state index in [0.717, 1.165) is 10.6 Å². The molecule has 6 heteroatoms. The van der Waals surface area contributed by atoms with Gasteiger partial charge in [0, 0.05) is 10.6 Å². The van der Waals surface area contributed by atoms with Crippen molar-refractivity contribution < 1.29 is 14.3 Å². The first-order valence-corrected chi connectivity index (χ1v) is 8.52. The molecule has 1 aromatic heterocycles. The lowest BCUT2D eigenvalue weighted by molar-refractivity contribution is 0.0525. The van der Waals surface area contributed by atoms with Crippen LogP contribution in [-0.2, 0) is 4.74 Å². The minimum absolute atomic E-state index is 0.275. The second kappa shape index (κ2) is 7.37. The highest BCUT2D eigenvalue weighted by Gasteiger charge is 2.23. The van der Waals surface area contributed by atoms with Crippen LogP contribution in [-0.4, -0.2) is 29.7 Å². The van der Waals surface area contributed by atoms with Crippen molar-refractivity contribution in [2.24, 2.45) is 0 Å². The van der Waals surface area contributed by atoms with Gasteiger partial charge in [0.15, 0.2) is 0 Å². The quantitative estimate of drug-likeness (QED) is 0.645. The number of nitrogens with one attached hydrogen (secondary N) is 2. The standard InChI is InChI=1S/C17H20N2O3S/c1-5-22-17(21)14-10(2)15(18-11(14)3)16(20)19-12-8-6-7-9-13(12)23-4/h6-9,18H,5H2,1-4H3,(H,19,20). The van der Waals surface area contributed by atoms with Gasteiger partial charge < -0.3 is 15.0 Å². The summed E-state index contributed by atoms with van der Waals surface area (Å²) in [6.07, 6.45) is 1.95. The smallest absolute Gasteiger partial charge is 0.340 e. The lowest BCUT2D eigenvalue weighted by atomic mass is 10.1. The Bertz CT molecular complexity index is 737. The molecule has 0 saturated heterocycles. The SMILES string of the molecule is CCOC(=O)c1c(C)[nH]c(C(=O)Nc2ccccc2SC)c1C. The molecule has 1 heterocycles. The fourth-order valence-electron chi connectivity index (χ4n) is 2.42. The van der Waals surface area contributed by atoms with Gasteiger partial charge in [0.2, 0.25) is 0 Å². The highest BCUT2D eigenvalue weighted by atomic mass is 32.2. The third-order valence-electron chi connectivity index (χ3n) is 3.50. The van der Waals surface area contributed by atoms with Crippen LogP contribution in [0.2, 0.25) is 0 Å². The first kappa shape index (κ1) is 17.1. The van der Waals surface area contributed by atoms with Gasteiger partial charge in [-0.3, -0.25) is 4.79 Å². The molecule has 0 unspecified atom stereocenters. The predicted octanol–water partition coefficient (Wildman–Crippen LogP) is 3.78. The molecule has 0 atom stereocenters. The Kier molecular flexibility index (Phi) is 5.50. The number of hydrogen-bond donors (Lipinski definition) is 2. The Morgan fingerprint density at radius 1 is 1.26 bits per heavy atom. The van der Waals surface area contributed by atoms with Gasteiger partial charge in [-0.2, -0.15) is 0 Å². The normalized spacial score (nSPS) is 10.4. The number of rotatable bonds is 5. The fraction of sp³-hybridized carbons (Fsp3) is 0.294. The number of aromatic nitrogens is 1. The van der Waals surface area contributed by atoms with Crippen molar-refractivity contribution in [3.8, 4) is 0 Å². The zero-order valence-corrected chi connectivity index (χ0v) is 14.5. The van der Waals surface area contributed by atoms with E-state index in [1.807, 2.05) is 30.5 Å². The molecular formula is C17H20N2O3S. The number of para-hydroxylation sites is 1. The van der Waals surface area contributed by atoms with Crippen LogP contribution < -0.4 is 5.32 Å². The van der Waals surface area contributed by atoms with Gasteiger partial charge >= 0.3 is 5.97 Å². The van der Waals surface area contributed by atoms with Crippen molar-refractivity contribution in [1.29, 1.82) is 0 Å². The molecule has 1 amide bonds. The maximum atomic E-state index is 12.5. The molecule has 0 spiro atoms. The summed E-state index contributed by atoms with van der Waals surface area (Å²) in [6.45, 7) is 5.55. The lowest BCUT2D eigenvalue weighted by Crippen LogP contribution is -2.14. The molecule has 0 saturated carbocycles. The first-order chi connectivity index (χ1) is 11.0. The number of benzene rings is 1. The van der Waals surface area contributed by atoms with E-state index in [4.69, 9.17) is 4.74 Å². The Morgan fingerprint density at radius 2 is 1.96 bits per heavy atom. The van der Waals surface area contributed by atoms with E-state index in [1.165, 1.54) is 0 Å². The number of carbonyl (C=O) groups excluding carboxylic acids is 2. The van der Waals surface area contributed by atoms with E-state index in [2.05, 4.69) is 10.3 Å². The van der Waals surface area contributed by atoms with Gasteiger partial charge in [0.25, 0.3) is 5.91 Å². The van der Waals surface area contributed by atoms with Crippen LogP contribution in [0, 0.1) is 13.8 Å². The number of anilines is 1. The zero-order chi connectivity index (χ0) is 17.0. The van der Waals surface area contributed by atoms with Crippen LogP contribution in [0.1, 0.15) is 39.0 Å². The van der Waals surface area contributed by atoms with E-state index in [-0.39, 0.29) is 5.91 Å². The fourth-order valence-corrected chi connectivity index (χ4v) is 2.97. The number of aryl methyl sites for hydroxylation is 1. The number of amides is 1. The van der Waals surface area contributed by atoms with E-state index >= 15 is 0 Å². The topological polar surface area (TPSA) is 71.2 Å². The van der Waals surface area contributed by atoms with Crippen molar-refractivity contribution in [2.75, 3.05) is 18.2 Å².